The van der Waals surface area contributed by atoms with E-state index in [-0.39, 0.29) is 18.4 Å². The highest BCUT2D eigenvalue weighted by molar-refractivity contribution is 5.79. The van der Waals surface area contributed by atoms with Gasteiger partial charge >= 0.3 is 6.03 Å². The standard InChI is InChI=1S/C17H26N4O2/c1-11-5-3-4-6-14(11)15(21-17(18)23)10-16(22)20-13-7-8-19-12(2)9-13/h3-6,12-13,15,19H,7-10H2,1-2H3,(H,20,22)(H3,18,21,23). The molecule has 3 unspecified atom stereocenters. The highest BCUT2D eigenvalue weighted by atomic mass is 16.2. The van der Waals surface area contributed by atoms with Gasteiger partial charge in [0.1, 0.15) is 0 Å². The zero-order valence-corrected chi connectivity index (χ0v) is 13.8. The van der Waals surface area contributed by atoms with E-state index in [9.17, 15) is 9.59 Å². The van der Waals surface area contributed by atoms with Crippen LogP contribution in [0.1, 0.15) is 43.4 Å². The van der Waals surface area contributed by atoms with E-state index in [1.165, 1.54) is 0 Å². The minimum atomic E-state index is -0.624. The Bertz CT molecular complexity index is 561. The maximum Gasteiger partial charge on any atom is 0.312 e. The summed E-state index contributed by atoms with van der Waals surface area (Å²) in [5.41, 5.74) is 7.21. The lowest BCUT2D eigenvalue weighted by Crippen LogP contribution is -2.47. The fourth-order valence-corrected chi connectivity index (χ4v) is 3.12. The molecule has 1 saturated heterocycles. The van der Waals surface area contributed by atoms with Crippen LogP contribution in [0, 0.1) is 6.92 Å². The van der Waals surface area contributed by atoms with Crippen LogP contribution in [0.2, 0.25) is 0 Å². The molecule has 6 nitrogen and oxygen atoms in total. The highest BCUT2D eigenvalue weighted by Crippen LogP contribution is 2.21. The topological polar surface area (TPSA) is 96.2 Å². The number of benzene rings is 1. The van der Waals surface area contributed by atoms with Crippen LogP contribution < -0.4 is 21.7 Å². The Morgan fingerprint density at radius 1 is 1.39 bits per heavy atom. The van der Waals surface area contributed by atoms with E-state index < -0.39 is 12.1 Å². The van der Waals surface area contributed by atoms with E-state index in [4.69, 9.17) is 5.73 Å². The average molecular weight is 318 g/mol. The van der Waals surface area contributed by atoms with E-state index in [1.807, 2.05) is 31.2 Å². The van der Waals surface area contributed by atoms with Crippen LogP contribution in [-0.2, 0) is 4.79 Å². The van der Waals surface area contributed by atoms with Crippen molar-refractivity contribution in [2.24, 2.45) is 5.73 Å². The summed E-state index contributed by atoms with van der Waals surface area (Å²) >= 11 is 0. The molecule has 1 aliphatic rings. The number of piperidine rings is 1. The van der Waals surface area contributed by atoms with Gasteiger partial charge in [0, 0.05) is 12.1 Å². The van der Waals surface area contributed by atoms with Crippen molar-refractivity contribution in [3.05, 3.63) is 35.4 Å². The van der Waals surface area contributed by atoms with E-state index >= 15 is 0 Å². The van der Waals surface area contributed by atoms with Gasteiger partial charge in [0.05, 0.1) is 12.5 Å². The molecule has 126 valence electrons. The molecule has 3 amide bonds. The van der Waals surface area contributed by atoms with Gasteiger partial charge in [0.25, 0.3) is 0 Å². The summed E-state index contributed by atoms with van der Waals surface area (Å²) < 4.78 is 0. The number of hydrogen-bond donors (Lipinski definition) is 4. The van der Waals surface area contributed by atoms with Crippen molar-refractivity contribution in [3.63, 3.8) is 0 Å². The van der Waals surface area contributed by atoms with Gasteiger partial charge in [0.2, 0.25) is 5.91 Å². The van der Waals surface area contributed by atoms with Crippen LogP contribution >= 0.6 is 0 Å². The second-order valence-corrected chi connectivity index (χ2v) is 6.27. The highest BCUT2D eigenvalue weighted by Gasteiger charge is 2.23. The van der Waals surface area contributed by atoms with Crippen LogP contribution in [-0.4, -0.2) is 30.6 Å². The molecule has 0 spiro atoms. The van der Waals surface area contributed by atoms with Crippen molar-refractivity contribution in [2.75, 3.05) is 6.54 Å². The molecule has 5 N–H and O–H groups in total. The molecule has 1 aromatic carbocycles. The molecule has 0 aromatic heterocycles. The van der Waals surface area contributed by atoms with Gasteiger partial charge in [-0.15, -0.1) is 0 Å². The Labute approximate surface area is 137 Å². The third-order valence-corrected chi connectivity index (χ3v) is 4.26. The third-order valence-electron chi connectivity index (χ3n) is 4.26. The summed E-state index contributed by atoms with van der Waals surface area (Å²) in [4.78, 5) is 23.7. The van der Waals surface area contributed by atoms with Gasteiger partial charge in [-0.25, -0.2) is 4.79 Å². The first-order valence-electron chi connectivity index (χ1n) is 8.10. The molecule has 0 bridgehead atoms. The fourth-order valence-electron chi connectivity index (χ4n) is 3.12. The lowest BCUT2D eigenvalue weighted by molar-refractivity contribution is -0.122. The van der Waals surface area contributed by atoms with Gasteiger partial charge in [-0.2, -0.15) is 0 Å². The van der Waals surface area contributed by atoms with Crippen LogP contribution in [0.4, 0.5) is 4.79 Å². The summed E-state index contributed by atoms with van der Waals surface area (Å²) in [5, 5.41) is 9.11. The van der Waals surface area contributed by atoms with Gasteiger partial charge in [-0.3, -0.25) is 4.79 Å². The van der Waals surface area contributed by atoms with Crippen LogP contribution in [0.25, 0.3) is 0 Å². The molecule has 6 heteroatoms. The molecule has 2 rings (SSSR count). The smallest absolute Gasteiger partial charge is 0.312 e. The van der Waals surface area contributed by atoms with Crippen molar-refractivity contribution >= 4 is 11.9 Å². The van der Waals surface area contributed by atoms with Gasteiger partial charge in [-0.05, 0) is 44.4 Å². The Kier molecular flexibility index (Phi) is 5.98. The first-order valence-corrected chi connectivity index (χ1v) is 8.10. The zero-order valence-electron chi connectivity index (χ0n) is 13.8. The van der Waals surface area contributed by atoms with Crippen molar-refractivity contribution < 1.29 is 9.59 Å². The molecule has 23 heavy (non-hydrogen) atoms. The van der Waals surface area contributed by atoms with Crippen molar-refractivity contribution in [1.29, 1.82) is 0 Å². The van der Waals surface area contributed by atoms with E-state index in [2.05, 4.69) is 22.9 Å². The maximum absolute atomic E-state index is 12.4. The van der Waals surface area contributed by atoms with Crippen LogP contribution in [0.15, 0.2) is 24.3 Å². The van der Waals surface area contributed by atoms with E-state index in [0.29, 0.717) is 6.04 Å². The van der Waals surface area contributed by atoms with Crippen molar-refractivity contribution in [1.82, 2.24) is 16.0 Å². The van der Waals surface area contributed by atoms with E-state index in [1.54, 1.807) is 0 Å². The Hall–Kier alpha value is -2.08. The number of carbonyl (C=O) groups excluding carboxylic acids is 2. The molecule has 1 aliphatic heterocycles. The Morgan fingerprint density at radius 3 is 2.78 bits per heavy atom. The summed E-state index contributed by atoms with van der Waals surface area (Å²) in [6.07, 6.45) is 2.03. The van der Waals surface area contributed by atoms with Gasteiger partial charge < -0.3 is 21.7 Å². The maximum atomic E-state index is 12.4. The lowest BCUT2D eigenvalue weighted by Gasteiger charge is -2.29. The van der Waals surface area contributed by atoms with Crippen molar-refractivity contribution in [2.45, 2.75) is 51.2 Å². The summed E-state index contributed by atoms with van der Waals surface area (Å²) in [6.45, 7) is 4.98. The number of carbonyl (C=O) groups is 2. The molecule has 0 aliphatic carbocycles. The first kappa shape index (κ1) is 17.3. The SMILES string of the molecule is Cc1ccccc1C(CC(=O)NC1CCNC(C)C1)NC(N)=O. The predicted molar refractivity (Wildman–Crippen MR) is 89.9 cm³/mol. The molecule has 1 fully saturated rings. The first-order chi connectivity index (χ1) is 11.0. The largest absolute Gasteiger partial charge is 0.353 e. The number of nitrogens with one attached hydrogen (secondary N) is 3. The normalized spacial score (nSPS) is 22.2. The molecule has 1 heterocycles. The number of nitrogens with two attached hydrogens (primary N) is 1. The second kappa shape index (κ2) is 7.97. The lowest BCUT2D eigenvalue weighted by atomic mass is 9.97. The number of rotatable bonds is 5. The Morgan fingerprint density at radius 2 is 2.13 bits per heavy atom. The molecular formula is C17H26N4O2. The minimum absolute atomic E-state index is 0.0638. The van der Waals surface area contributed by atoms with Gasteiger partial charge in [0.15, 0.2) is 0 Å². The second-order valence-electron chi connectivity index (χ2n) is 6.27. The fraction of sp³-hybridized carbons (Fsp3) is 0.529. The summed E-state index contributed by atoms with van der Waals surface area (Å²) in [7, 11) is 0. The monoisotopic (exact) mass is 318 g/mol. The number of urea groups is 1. The number of amides is 3. The van der Waals surface area contributed by atoms with Crippen molar-refractivity contribution in [3.8, 4) is 0 Å². The third kappa shape index (κ3) is 5.25. The summed E-state index contributed by atoms with van der Waals surface area (Å²) in [6, 6.07) is 7.25. The van der Waals surface area contributed by atoms with Gasteiger partial charge in [-0.1, -0.05) is 24.3 Å². The Balaban J connectivity index is 2.01. The minimum Gasteiger partial charge on any atom is -0.353 e. The molecule has 3 atom stereocenters. The quantitative estimate of drug-likeness (QED) is 0.660. The van der Waals surface area contributed by atoms with E-state index in [0.717, 1.165) is 30.5 Å². The van der Waals surface area contributed by atoms with Crippen LogP contribution in [0.3, 0.4) is 0 Å². The number of primary amides is 1. The average Bonchev–Trinajstić information content (AvgIpc) is 2.46. The number of hydrogen-bond acceptors (Lipinski definition) is 3. The summed E-state index contributed by atoms with van der Waals surface area (Å²) in [5.74, 6) is -0.0638. The molecular weight excluding hydrogens is 292 g/mol. The molecule has 0 radical (unpaired) electrons. The van der Waals surface area contributed by atoms with Crippen LogP contribution in [0.5, 0.6) is 0 Å². The molecule has 1 aromatic rings. The molecule has 0 saturated carbocycles. The number of aryl methyl sites for hydroxylation is 1. The predicted octanol–water partition coefficient (Wildman–Crippen LogP) is 1.35. The zero-order chi connectivity index (χ0) is 16.8.